The molecule has 0 fully saturated rings. The highest BCUT2D eigenvalue weighted by Crippen LogP contribution is 2.24. The minimum absolute atomic E-state index is 0.0765. The molecule has 0 saturated carbocycles. The van der Waals surface area contributed by atoms with E-state index in [1.165, 1.54) is 6.07 Å². The number of halogens is 1. The van der Waals surface area contributed by atoms with Crippen molar-refractivity contribution in [3.63, 3.8) is 0 Å². The minimum atomic E-state index is -0.187. The van der Waals surface area contributed by atoms with Crippen molar-refractivity contribution in [3.05, 3.63) is 81.2 Å². The number of nitrogens with zero attached hydrogens (tertiary/aromatic N) is 2. The molecule has 4 aromatic rings. The van der Waals surface area contributed by atoms with Crippen molar-refractivity contribution >= 4 is 45.0 Å². The van der Waals surface area contributed by atoms with Crippen LogP contribution in [0, 0.1) is 13.8 Å². The van der Waals surface area contributed by atoms with E-state index in [0.717, 1.165) is 27.8 Å². The van der Waals surface area contributed by atoms with Crippen LogP contribution < -0.4 is 10.7 Å². The largest absolute Gasteiger partial charge is 0.338 e. The summed E-state index contributed by atoms with van der Waals surface area (Å²) in [6, 6.07) is 14.3. The van der Waals surface area contributed by atoms with Crippen LogP contribution in [0.1, 0.15) is 11.3 Å². The van der Waals surface area contributed by atoms with Gasteiger partial charge in [-0.05, 0) is 50.2 Å². The molecular weight excluding hydrogens is 374 g/mol. The summed E-state index contributed by atoms with van der Waals surface area (Å²) < 4.78 is 1.74. The number of benzene rings is 2. The number of aromatic nitrogens is 2. The molecule has 0 aliphatic heterocycles. The number of carbonyl (C=O) groups is 1. The van der Waals surface area contributed by atoms with Gasteiger partial charge in [-0.1, -0.05) is 23.2 Å². The van der Waals surface area contributed by atoms with Gasteiger partial charge in [-0.15, -0.1) is 0 Å². The first-order valence-corrected chi connectivity index (χ1v) is 9.25. The molecule has 0 spiro atoms. The maximum absolute atomic E-state index is 12.8. The summed E-state index contributed by atoms with van der Waals surface area (Å²) in [5, 5.41) is 4.86. The summed E-state index contributed by atoms with van der Waals surface area (Å²) in [7, 11) is 0. The van der Waals surface area contributed by atoms with Gasteiger partial charge in [-0.3, -0.25) is 14.6 Å². The summed E-state index contributed by atoms with van der Waals surface area (Å²) in [5.41, 5.74) is 4.03. The molecule has 6 heteroatoms. The Morgan fingerprint density at radius 1 is 1.07 bits per heavy atom. The van der Waals surface area contributed by atoms with Gasteiger partial charge < -0.3 is 9.88 Å². The number of amides is 1. The average molecular weight is 392 g/mol. The number of pyridine rings is 2. The average Bonchev–Trinajstić information content (AvgIpc) is 2.65. The van der Waals surface area contributed by atoms with Crippen LogP contribution in [0.25, 0.3) is 21.8 Å². The molecule has 0 aliphatic rings. The van der Waals surface area contributed by atoms with Gasteiger partial charge in [-0.25, -0.2) is 0 Å². The summed E-state index contributed by atoms with van der Waals surface area (Å²) in [4.78, 5) is 29.4. The Morgan fingerprint density at radius 3 is 2.71 bits per heavy atom. The Balaban J connectivity index is 1.69. The number of hydrogen-bond acceptors (Lipinski definition) is 3. The summed E-state index contributed by atoms with van der Waals surface area (Å²) in [5.74, 6) is -0.187. The number of hydrogen-bond donors (Lipinski definition) is 1. The third-order valence-corrected chi connectivity index (χ3v) is 4.85. The van der Waals surface area contributed by atoms with Gasteiger partial charge >= 0.3 is 0 Å². The standard InChI is InChI=1S/C22H18ClN3O2/c1-13-3-5-18-16(9-13)19(10-14(2)24-18)25-22(28)12-26-8-7-21(27)17-11-15(23)4-6-20(17)26/h3-11H,12H2,1-2H3,(H,24,25,28). The summed E-state index contributed by atoms with van der Waals surface area (Å²) in [6.07, 6.45) is 1.62. The van der Waals surface area contributed by atoms with Crippen LogP contribution in [0.5, 0.6) is 0 Å². The van der Waals surface area contributed by atoms with Gasteiger partial charge in [-0.2, -0.15) is 0 Å². The van der Waals surface area contributed by atoms with E-state index >= 15 is 0 Å². The summed E-state index contributed by atoms with van der Waals surface area (Å²) >= 11 is 6.01. The molecule has 1 amide bonds. The molecule has 1 N–H and O–H groups in total. The Bertz CT molecular complexity index is 1290. The Hall–Kier alpha value is -3.18. The van der Waals surface area contributed by atoms with E-state index in [1.54, 1.807) is 29.0 Å². The molecule has 5 nitrogen and oxygen atoms in total. The van der Waals surface area contributed by atoms with E-state index < -0.39 is 0 Å². The van der Waals surface area contributed by atoms with Gasteiger partial charge in [0.1, 0.15) is 6.54 Å². The SMILES string of the molecule is Cc1ccc2nc(C)cc(NC(=O)Cn3ccc(=O)c4cc(Cl)ccc43)c2c1. The van der Waals surface area contributed by atoms with Crippen molar-refractivity contribution in [2.75, 3.05) is 5.32 Å². The second-order valence-corrected chi connectivity index (χ2v) is 7.29. The highest BCUT2D eigenvalue weighted by molar-refractivity contribution is 6.31. The second-order valence-electron chi connectivity index (χ2n) is 6.85. The predicted molar refractivity (Wildman–Crippen MR) is 113 cm³/mol. The Labute approximate surface area is 166 Å². The molecule has 0 bridgehead atoms. The van der Waals surface area contributed by atoms with Crippen LogP contribution >= 0.6 is 11.6 Å². The lowest BCUT2D eigenvalue weighted by Gasteiger charge is -2.13. The van der Waals surface area contributed by atoms with Crippen LogP contribution in [-0.2, 0) is 11.3 Å². The molecule has 0 aliphatic carbocycles. The van der Waals surface area contributed by atoms with E-state index in [-0.39, 0.29) is 17.9 Å². The third kappa shape index (κ3) is 3.49. The van der Waals surface area contributed by atoms with E-state index in [4.69, 9.17) is 11.6 Å². The zero-order valence-electron chi connectivity index (χ0n) is 15.5. The topological polar surface area (TPSA) is 64.0 Å². The van der Waals surface area contributed by atoms with Crippen LogP contribution in [0.3, 0.4) is 0 Å². The highest BCUT2D eigenvalue weighted by atomic mass is 35.5. The number of fused-ring (bicyclic) bond motifs is 2. The molecule has 2 aromatic heterocycles. The molecule has 0 atom stereocenters. The molecule has 0 unspecified atom stereocenters. The monoisotopic (exact) mass is 391 g/mol. The lowest BCUT2D eigenvalue weighted by atomic mass is 10.1. The fourth-order valence-corrected chi connectivity index (χ4v) is 3.51. The maximum atomic E-state index is 12.8. The third-order valence-electron chi connectivity index (χ3n) is 4.62. The van der Waals surface area contributed by atoms with Crippen LogP contribution in [0.4, 0.5) is 5.69 Å². The van der Waals surface area contributed by atoms with Gasteiger partial charge in [0.25, 0.3) is 0 Å². The van der Waals surface area contributed by atoms with Gasteiger partial charge in [0.05, 0.1) is 16.7 Å². The molecule has 0 saturated heterocycles. The molecule has 4 rings (SSSR count). The van der Waals surface area contributed by atoms with Crippen molar-refractivity contribution in [2.24, 2.45) is 0 Å². The number of aryl methyl sites for hydroxylation is 2. The van der Waals surface area contributed by atoms with Crippen LogP contribution in [0.15, 0.2) is 59.5 Å². The Kier molecular flexibility index (Phi) is 4.61. The maximum Gasteiger partial charge on any atom is 0.244 e. The fourth-order valence-electron chi connectivity index (χ4n) is 3.34. The van der Waals surface area contributed by atoms with Crippen LogP contribution in [-0.4, -0.2) is 15.5 Å². The lowest BCUT2D eigenvalue weighted by molar-refractivity contribution is -0.116. The van der Waals surface area contributed by atoms with Gasteiger partial charge in [0.15, 0.2) is 5.43 Å². The second kappa shape index (κ2) is 7.09. The molecule has 2 heterocycles. The van der Waals surface area contributed by atoms with Crippen LogP contribution in [0.2, 0.25) is 5.02 Å². The molecule has 0 radical (unpaired) electrons. The number of nitrogens with one attached hydrogen (secondary N) is 1. The fraction of sp³-hybridized carbons (Fsp3) is 0.136. The first kappa shape index (κ1) is 18.2. The first-order chi connectivity index (χ1) is 13.4. The highest BCUT2D eigenvalue weighted by Gasteiger charge is 2.11. The zero-order chi connectivity index (χ0) is 19.8. The van der Waals surface area contributed by atoms with E-state index in [9.17, 15) is 9.59 Å². The quantitative estimate of drug-likeness (QED) is 0.560. The van der Waals surface area contributed by atoms with Crippen molar-refractivity contribution in [2.45, 2.75) is 20.4 Å². The number of carbonyl (C=O) groups excluding carboxylic acids is 1. The first-order valence-electron chi connectivity index (χ1n) is 8.87. The van der Waals surface area contributed by atoms with E-state index in [0.29, 0.717) is 15.9 Å². The molecule has 28 heavy (non-hydrogen) atoms. The Morgan fingerprint density at radius 2 is 1.89 bits per heavy atom. The minimum Gasteiger partial charge on any atom is -0.338 e. The van der Waals surface area contributed by atoms with Crippen molar-refractivity contribution in [3.8, 4) is 0 Å². The lowest BCUT2D eigenvalue weighted by Crippen LogP contribution is -2.20. The zero-order valence-corrected chi connectivity index (χ0v) is 16.2. The molecular formula is C22H18ClN3O2. The van der Waals surface area contributed by atoms with Crippen molar-refractivity contribution < 1.29 is 4.79 Å². The normalized spacial score (nSPS) is 11.1. The van der Waals surface area contributed by atoms with E-state index in [2.05, 4.69) is 10.3 Å². The van der Waals surface area contributed by atoms with Gasteiger partial charge in [0, 0.05) is 33.8 Å². The number of anilines is 1. The number of rotatable bonds is 3. The van der Waals surface area contributed by atoms with Gasteiger partial charge in [0.2, 0.25) is 5.91 Å². The van der Waals surface area contributed by atoms with E-state index in [1.807, 2.05) is 38.1 Å². The summed E-state index contributed by atoms with van der Waals surface area (Å²) in [6.45, 7) is 3.98. The molecule has 140 valence electrons. The molecule has 2 aromatic carbocycles. The van der Waals surface area contributed by atoms with Crippen molar-refractivity contribution in [1.82, 2.24) is 9.55 Å². The predicted octanol–water partition coefficient (Wildman–Crippen LogP) is 4.46. The van der Waals surface area contributed by atoms with Crippen molar-refractivity contribution in [1.29, 1.82) is 0 Å². The smallest absolute Gasteiger partial charge is 0.244 e.